The maximum atomic E-state index is 11.8. The minimum Gasteiger partial charge on any atom is -0.466 e. The van der Waals surface area contributed by atoms with E-state index in [0.717, 1.165) is 11.1 Å². The van der Waals surface area contributed by atoms with Gasteiger partial charge in [0.25, 0.3) is 5.69 Å². The van der Waals surface area contributed by atoms with Crippen molar-refractivity contribution in [2.75, 3.05) is 6.61 Å². The van der Waals surface area contributed by atoms with Crippen LogP contribution in [0, 0.1) is 10.1 Å². The largest absolute Gasteiger partial charge is 0.466 e. The molecular weight excluding hydrogens is 478 g/mol. The number of carbonyl (C=O) groups is 1. The van der Waals surface area contributed by atoms with Crippen LogP contribution in [0.4, 0.5) is 11.4 Å². The fourth-order valence-electron chi connectivity index (χ4n) is 3.41. The SMILES string of the molecule is CCOC(=O)Cc1ccc(N=Cc2ccc(Sc3nnc(-c4ccccc4)n3C)c([N+](=O)[O-])c2)cc1. The molecule has 0 amide bonds. The first-order chi connectivity index (χ1) is 17.4. The van der Waals surface area contributed by atoms with E-state index in [4.69, 9.17) is 4.74 Å². The standard InChI is InChI=1S/C26H23N5O4S/c1-3-35-24(32)16-18-9-12-21(13-10-18)27-17-19-11-14-23(22(15-19)31(33)34)36-26-29-28-25(30(26)2)20-7-5-4-6-8-20/h4-15,17H,3,16H2,1-2H3. The Hall–Kier alpha value is -4.31. The van der Waals surface area contributed by atoms with Crippen LogP contribution in [-0.2, 0) is 23.0 Å². The molecule has 9 nitrogen and oxygen atoms in total. The van der Waals surface area contributed by atoms with Crippen LogP contribution in [0.25, 0.3) is 11.4 Å². The summed E-state index contributed by atoms with van der Waals surface area (Å²) in [6.45, 7) is 2.11. The minimum absolute atomic E-state index is 0.0435. The van der Waals surface area contributed by atoms with Crippen molar-refractivity contribution in [3.63, 3.8) is 0 Å². The van der Waals surface area contributed by atoms with Gasteiger partial charge < -0.3 is 9.30 Å². The van der Waals surface area contributed by atoms with Gasteiger partial charge in [0.1, 0.15) is 0 Å². The van der Waals surface area contributed by atoms with Gasteiger partial charge in [0, 0.05) is 24.9 Å². The van der Waals surface area contributed by atoms with Crippen LogP contribution in [0.2, 0.25) is 0 Å². The Morgan fingerprint density at radius 2 is 1.86 bits per heavy atom. The van der Waals surface area contributed by atoms with E-state index in [1.54, 1.807) is 49.5 Å². The van der Waals surface area contributed by atoms with Crippen molar-refractivity contribution >= 4 is 35.3 Å². The average Bonchev–Trinajstić information content (AvgIpc) is 3.24. The molecule has 0 bridgehead atoms. The van der Waals surface area contributed by atoms with Crippen molar-refractivity contribution in [1.82, 2.24) is 14.8 Å². The van der Waals surface area contributed by atoms with E-state index in [1.807, 2.05) is 41.9 Å². The summed E-state index contributed by atoms with van der Waals surface area (Å²) in [6, 6.07) is 21.7. The molecule has 182 valence electrons. The molecule has 0 spiro atoms. The van der Waals surface area contributed by atoms with E-state index in [-0.39, 0.29) is 18.1 Å². The molecule has 0 aliphatic heterocycles. The smallest absolute Gasteiger partial charge is 0.310 e. The third-order valence-electron chi connectivity index (χ3n) is 5.20. The second-order valence-corrected chi connectivity index (χ2v) is 8.73. The van der Waals surface area contributed by atoms with E-state index >= 15 is 0 Å². The molecule has 1 aromatic heterocycles. The number of carbonyl (C=O) groups excluding carboxylic acids is 1. The molecule has 0 aliphatic carbocycles. The lowest BCUT2D eigenvalue weighted by molar-refractivity contribution is -0.387. The molecule has 0 saturated carbocycles. The van der Waals surface area contributed by atoms with Gasteiger partial charge in [0.2, 0.25) is 0 Å². The predicted molar refractivity (Wildman–Crippen MR) is 138 cm³/mol. The number of ether oxygens (including phenoxy) is 1. The quantitative estimate of drug-likeness (QED) is 0.131. The number of nitro benzene ring substituents is 1. The van der Waals surface area contributed by atoms with E-state index in [1.165, 1.54) is 17.8 Å². The highest BCUT2D eigenvalue weighted by molar-refractivity contribution is 7.99. The van der Waals surface area contributed by atoms with Crippen molar-refractivity contribution in [2.24, 2.45) is 12.0 Å². The third kappa shape index (κ3) is 6.02. The summed E-state index contributed by atoms with van der Waals surface area (Å²) in [5.74, 6) is 0.398. The first kappa shape index (κ1) is 24.8. The first-order valence-corrected chi connectivity index (χ1v) is 12.0. The number of nitro groups is 1. The Bertz CT molecular complexity index is 1400. The van der Waals surface area contributed by atoms with E-state index < -0.39 is 4.92 Å². The number of aliphatic imine (C=N–C) groups is 1. The second kappa shape index (κ2) is 11.4. The Morgan fingerprint density at radius 1 is 1.11 bits per heavy atom. The van der Waals surface area contributed by atoms with Gasteiger partial charge in [-0.25, -0.2) is 0 Å². The summed E-state index contributed by atoms with van der Waals surface area (Å²) < 4.78 is 6.76. The van der Waals surface area contributed by atoms with Crippen LogP contribution in [0.15, 0.2) is 87.8 Å². The summed E-state index contributed by atoms with van der Waals surface area (Å²) in [5.41, 5.74) is 2.94. The second-order valence-electron chi connectivity index (χ2n) is 7.72. The third-order valence-corrected chi connectivity index (χ3v) is 6.30. The van der Waals surface area contributed by atoms with Gasteiger partial charge in [-0.3, -0.25) is 19.9 Å². The summed E-state index contributed by atoms with van der Waals surface area (Å²) >= 11 is 1.18. The van der Waals surface area contributed by atoms with Crippen LogP contribution >= 0.6 is 11.8 Å². The highest BCUT2D eigenvalue weighted by atomic mass is 32.2. The van der Waals surface area contributed by atoms with Crippen LogP contribution in [0.5, 0.6) is 0 Å². The van der Waals surface area contributed by atoms with Crippen LogP contribution < -0.4 is 0 Å². The van der Waals surface area contributed by atoms with Gasteiger partial charge in [0.05, 0.1) is 28.5 Å². The molecular formula is C26H23N5O4S. The Morgan fingerprint density at radius 3 is 2.56 bits per heavy atom. The molecule has 0 N–H and O–H groups in total. The number of nitrogens with zero attached hydrogens (tertiary/aromatic N) is 5. The zero-order valence-corrected chi connectivity index (χ0v) is 20.5. The van der Waals surface area contributed by atoms with E-state index in [0.29, 0.717) is 33.7 Å². The molecule has 0 atom stereocenters. The van der Waals surface area contributed by atoms with Gasteiger partial charge in [-0.15, -0.1) is 10.2 Å². The highest BCUT2D eigenvalue weighted by Gasteiger charge is 2.19. The maximum Gasteiger partial charge on any atom is 0.310 e. The lowest BCUT2D eigenvalue weighted by Crippen LogP contribution is -2.07. The van der Waals surface area contributed by atoms with Crippen LogP contribution in [0.3, 0.4) is 0 Å². The fraction of sp³-hybridized carbons (Fsp3) is 0.154. The molecule has 0 unspecified atom stereocenters. The summed E-state index contributed by atoms with van der Waals surface area (Å²) in [5, 5.41) is 20.8. The zero-order chi connectivity index (χ0) is 25.5. The number of esters is 1. The van der Waals surface area contributed by atoms with E-state index in [9.17, 15) is 14.9 Å². The summed E-state index contributed by atoms with van der Waals surface area (Å²) in [7, 11) is 1.83. The van der Waals surface area contributed by atoms with Crippen molar-refractivity contribution < 1.29 is 14.5 Å². The molecule has 0 fully saturated rings. The lowest BCUT2D eigenvalue weighted by atomic mass is 10.1. The molecule has 4 rings (SSSR count). The van der Waals surface area contributed by atoms with E-state index in [2.05, 4.69) is 15.2 Å². The minimum atomic E-state index is -0.418. The Labute approximate surface area is 212 Å². The van der Waals surface area contributed by atoms with Crippen LogP contribution in [-0.4, -0.2) is 38.5 Å². The number of rotatable bonds is 9. The molecule has 1 heterocycles. The normalized spacial score (nSPS) is 11.1. The van der Waals surface area contributed by atoms with Crippen LogP contribution in [0.1, 0.15) is 18.1 Å². The number of benzene rings is 3. The van der Waals surface area contributed by atoms with Crippen molar-refractivity contribution in [2.45, 2.75) is 23.4 Å². The number of hydrogen-bond donors (Lipinski definition) is 0. The van der Waals surface area contributed by atoms with Gasteiger partial charge in [0.15, 0.2) is 11.0 Å². The topological polar surface area (TPSA) is 113 Å². The molecule has 3 aromatic carbocycles. The zero-order valence-electron chi connectivity index (χ0n) is 19.7. The van der Waals surface area contributed by atoms with Gasteiger partial charge >= 0.3 is 5.97 Å². The Kier molecular flexibility index (Phi) is 7.86. The lowest BCUT2D eigenvalue weighted by Gasteiger charge is -2.05. The monoisotopic (exact) mass is 501 g/mol. The Balaban J connectivity index is 1.50. The maximum absolute atomic E-state index is 11.8. The molecule has 0 saturated heterocycles. The van der Waals surface area contributed by atoms with Crippen molar-refractivity contribution in [3.8, 4) is 11.4 Å². The highest BCUT2D eigenvalue weighted by Crippen LogP contribution is 2.35. The molecule has 4 aromatic rings. The molecule has 0 radical (unpaired) electrons. The molecule has 0 aliphatic rings. The predicted octanol–water partition coefficient (Wildman–Crippen LogP) is 5.40. The summed E-state index contributed by atoms with van der Waals surface area (Å²) in [4.78, 5) is 27.8. The van der Waals surface area contributed by atoms with Crippen molar-refractivity contribution in [3.05, 3.63) is 94.0 Å². The van der Waals surface area contributed by atoms with Gasteiger partial charge in [-0.05, 0) is 48.0 Å². The molecule has 36 heavy (non-hydrogen) atoms. The van der Waals surface area contributed by atoms with Gasteiger partial charge in [-0.2, -0.15) is 0 Å². The summed E-state index contributed by atoms with van der Waals surface area (Å²) in [6.07, 6.45) is 1.76. The number of aromatic nitrogens is 3. The number of hydrogen-bond acceptors (Lipinski definition) is 8. The van der Waals surface area contributed by atoms with Crippen molar-refractivity contribution in [1.29, 1.82) is 0 Å². The van der Waals surface area contributed by atoms with Gasteiger partial charge in [-0.1, -0.05) is 48.5 Å². The molecule has 10 heteroatoms. The average molecular weight is 502 g/mol. The fourth-order valence-corrected chi connectivity index (χ4v) is 4.29. The first-order valence-electron chi connectivity index (χ1n) is 11.1.